The lowest BCUT2D eigenvalue weighted by Gasteiger charge is -2.16. The smallest absolute Gasteiger partial charge is 0.251 e. The number of benzene rings is 1. The van der Waals surface area contributed by atoms with Crippen molar-refractivity contribution >= 4 is 5.91 Å². The normalized spacial score (nSPS) is 14.0. The van der Waals surface area contributed by atoms with Crippen molar-refractivity contribution in [1.29, 1.82) is 0 Å². The van der Waals surface area contributed by atoms with Gasteiger partial charge in [0, 0.05) is 29.9 Å². The Balaban J connectivity index is 1.58. The number of nitrogens with one attached hydrogen (secondary N) is 2. The largest absolute Gasteiger partial charge is 0.349 e. The quantitative estimate of drug-likeness (QED) is 0.845. The number of amides is 1. The highest BCUT2D eigenvalue weighted by molar-refractivity contribution is 5.94. The minimum absolute atomic E-state index is 0.000981. The van der Waals surface area contributed by atoms with E-state index in [1.54, 1.807) is 0 Å². The summed E-state index contributed by atoms with van der Waals surface area (Å²) in [5.74, 6) is 0.655. The summed E-state index contributed by atoms with van der Waals surface area (Å²) in [5, 5.41) is 2.98. The number of aryl methyl sites for hydroxylation is 1. The Morgan fingerprint density at radius 1 is 1.29 bits per heavy atom. The molecule has 126 valence electrons. The van der Waals surface area contributed by atoms with Gasteiger partial charge in [0.1, 0.15) is 5.82 Å². The van der Waals surface area contributed by atoms with E-state index in [9.17, 15) is 9.59 Å². The topological polar surface area (TPSA) is 78.1 Å². The molecule has 0 atom stereocenters. The summed E-state index contributed by atoms with van der Waals surface area (Å²) in [5.41, 5.74) is 2.39. The van der Waals surface area contributed by atoms with E-state index in [1.807, 2.05) is 38.2 Å². The van der Waals surface area contributed by atoms with Gasteiger partial charge in [-0.1, -0.05) is 12.1 Å². The molecule has 1 aromatic carbocycles. The van der Waals surface area contributed by atoms with E-state index < -0.39 is 0 Å². The van der Waals surface area contributed by atoms with Gasteiger partial charge in [-0.15, -0.1) is 0 Å². The van der Waals surface area contributed by atoms with Crippen LogP contribution >= 0.6 is 0 Å². The van der Waals surface area contributed by atoms with Crippen molar-refractivity contribution in [3.8, 4) is 0 Å². The summed E-state index contributed by atoms with van der Waals surface area (Å²) in [6, 6.07) is 9.48. The Morgan fingerprint density at radius 2 is 2.00 bits per heavy atom. The molecule has 1 heterocycles. The monoisotopic (exact) mass is 326 g/mol. The van der Waals surface area contributed by atoms with Crippen LogP contribution in [-0.2, 0) is 13.1 Å². The summed E-state index contributed by atoms with van der Waals surface area (Å²) in [6.45, 7) is 3.08. The first kappa shape index (κ1) is 16.4. The Morgan fingerprint density at radius 3 is 2.62 bits per heavy atom. The van der Waals surface area contributed by atoms with Crippen LogP contribution in [0, 0.1) is 6.92 Å². The number of hydrogen-bond donors (Lipinski definition) is 2. The zero-order valence-corrected chi connectivity index (χ0v) is 14.0. The van der Waals surface area contributed by atoms with Crippen molar-refractivity contribution in [2.45, 2.75) is 38.9 Å². The van der Waals surface area contributed by atoms with Crippen molar-refractivity contribution in [3.05, 3.63) is 63.3 Å². The molecular weight excluding hydrogens is 304 g/mol. The molecule has 1 aromatic heterocycles. The molecule has 0 aliphatic heterocycles. The van der Waals surface area contributed by atoms with E-state index in [0.717, 1.165) is 18.4 Å². The highest BCUT2D eigenvalue weighted by atomic mass is 16.1. The minimum atomic E-state index is -0.128. The van der Waals surface area contributed by atoms with Gasteiger partial charge in [-0.3, -0.25) is 14.5 Å². The summed E-state index contributed by atoms with van der Waals surface area (Å²) in [6.07, 6.45) is 2.17. The SMILES string of the molecule is Cc1cc(=O)[nH]c(CN(C)Cc2ccc(C(=O)NC3CC3)cc2)n1. The van der Waals surface area contributed by atoms with Crippen LogP contribution in [-0.4, -0.2) is 33.9 Å². The number of hydrogen-bond acceptors (Lipinski definition) is 4. The first-order chi connectivity index (χ1) is 11.5. The maximum atomic E-state index is 12.0. The molecule has 24 heavy (non-hydrogen) atoms. The fraction of sp³-hybridized carbons (Fsp3) is 0.389. The van der Waals surface area contributed by atoms with Crippen LogP contribution in [0.3, 0.4) is 0 Å². The predicted octanol–water partition coefficient (Wildman–Crippen LogP) is 1.60. The van der Waals surface area contributed by atoms with Crippen molar-refractivity contribution in [1.82, 2.24) is 20.2 Å². The molecule has 0 unspecified atom stereocenters. The average molecular weight is 326 g/mol. The van der Waals surface area contributed by atoms with Crippen molar-refractivity contribution in [3.63, 3.8) is 0 Å². The first-order valence-electron chi connectivity index (χ1n) is 8.15. The summed E-state index contributed by atoms with van der Waals surface area (Å²) in [4.78, 5) is 32.6. The zero-order valence-electron chi connectivity index (χ0n) is 14.0. The standard InChI is InChI=1S/C18H22N4O2/c1-12-9-17(23)21-16(19-12)11-22(2)10-13-3-5-14(6-4-13)18(24)20-15-7-8-15/h3-6,9,15H,7-8,10-11H2,1-2H3,(H,20,24)(H,19,21,23). The second-order valence-corrected chi connectivity index (χ2v) is 6.45. The fourth-order valence-electron chi connectivity index (χ4n) is 2.60. The van der Waals surface area contributed by atoms with Gasteiger partial charge in [-0.25, -0.2) is 4.98 Å². The third kappa shape index (κ3) is 4.52. The molecular formula is C18H22N4O2. The van der Waals surface area contributed by atoms with Gasteiger partial charge in [-0.2, -0.15) is 0 Å². The summed E-state index contributed by atoms with van der Waals surface area (Å²) >= 11 is 0. The molecule has 1 aliphatic carbocycles. The Hall–Kier alpha value is -2.47. The third-order valence-corrected chi connectivity index (χ3v) is 3.92. The van der Waals surface area contributed by atoms with E-state index in [4.69, 9.17) is 0 Å². The van der Waals surface area contributed by atoms with Gasteiger partial charge >= 0.3 is 0 Å². The molecule has 1 aliphatic rings. The molecule has 1 amide bonds. The highest BCUT2D eigenvalue weighted by Gasteiger charge is 2.23. The number of carbonyl (C=O) groups excluding carboxylic acids is 1. The molecule has 0 radical (unpaired) electrons. The molecule has 3 rings (SSSR count). The van der Waals surface area contributed by atoms with Crippen LogP contribution in [0.5, 0.6) is 0 Å². The van der Waals surface area contributed by atoms with Crippen LogP contribution < -0.4 is 10.9 Å². The van der Waals surface area contributed by atoms with Crippen molar-refractivity contribution in [2.24, 2.45) is 0 Å². The summed E-state index contributed by atoms with van der Waals surface area (Å²) < 4.78 is 0. The number of rotatable bonds is 6. The van der Waals surface area contributed by atoms with E-state index in [2.05, 4.69) is 20.2 Å². The van der Waals surface area contributed by atoms with E-state index >= 15 is 0 Å². The maximum Gasteiger partial charge on any atom is 0.251 e. The van der Waals surface area contributed by atoms with Gasteiger partial charge in [0.2, 0.25) is 0 Å². The number of aromatic amines is 1. The van der Waals surface area contributed by atoms with E-state index in [0.29, 0.717) is 36.2 Å². The molecule has 2 N–H and O–H groups in total. The molecule has 1 saturated carbocycles. The lowest BCUT2D eigenvalue weighted by Crippen LogP contribution is -2.25. The number of aromatic nitrogens is 2. The fourth-order valence-corrected chi connectivity index (χ4v) is 2.60. The van der Waals surface area contributed by atoms with E-state index in [-0.39, 0.29) is 11.5 Å². The highest BCUT2D eigenvalue weighted by Crippen LogP contribution is 2.19. The third-order valence-electron chi connectivity index (χ3n) is 3.92. The first-order valence-corrected chi connectivity index (χ1v) is 8.15. The van der Waals surface area contributed by atoms with Crippen LogP contribution in [0.25, 0.3) is 0 Å². The second-order valence-electron chi connectivity index (χ2n) is 6.45. The maximum absolute atomic E-state index is 12.0. The molecule has 0 spiro atoms. The van der Waals surface area contributed by atoms with Gasteiger partial charge < -0.3 is 10.3 Å². The van der Waals surface area contributed by atoms with Gasteiger partial charge in [-0.05, 0) is 44.5 Å². The molecule has 1 fully saturated rings. The molecule has 2 aromatic rings. The second kappa shape index (κ2) is 6.97. The van der Waals surface area contributed by atoms with E-state index in [1.165, 1.54) is 6.07 Å². The lowest BCUT2D eigenvalue weighted by atomic mass is 10.1. The van der Waals surface area contributed by atoms with Crippen molar-refractivity contribution in [2.75, 3.05) is 7.05 Å². The van der Waals surface area contributed by atoms with Gasteiger partial charge in [0.05, 0.1) is 6.54 Å². The van der Waals surface area contributed by atoms with Gasteiger partial charge in [0.25, 0.3) is 11.5 Å². The lowest BCUT2D eigenvalue weighted by molar-refractivity contribution is 0.0951. The van der Waals surface area contributed by atoms with Crippen LogP contribution in [0.4, 0.5) is 0 Å². The number of carbonyl (C=O) groups is 1. The molecule has 6 nitrogen and oxygen atoms in total. The summed E-state index contributed by atoms with van der Waals surface area (Å²) in [7, 11) is 1.97. The minimum Gasteiger partial charge on any atom is -0.349 e. The Bertz CT molecular complexity index is 778. The zero-order chi connectivity index (χ0) is 17.1. The Labute approximate surface area is 140 Å². The molecule has 0 saturated heterocycles. The Kier molecular flexibility index (Phi) is 4.76. The number of nitrogens with zero attached hydrogens (tertiary/aromatic N) is 2. The number of H-pyrrole nitrogens is 1. The molecule has 6 heteroatoms. The molecule has 0 bridgehead atoms. The van der Waals surface area contributed by atoms with Crippen LogP contribution in [0.15, 0.2) is 35.1 Å². The predicted molar refractivity (Wildman–Crippen MR) is 91.7 cm³/mol. The van der Waals surface area contributed by atoms with Crippen LogP contribution in [0.1, 0.15) is 40.3 Å². The van der Waals surface area contributed by atoms with Gasteiger partial charge in [0.15, 0.2) is 0 Å². The van der Waals surface area contributed by atoms with Crippen LogP contribution in [0.2, 0.25) is 0 Å². The average Bonchev–Trinajstić information content (AvgIpc) is 3.30. The van der Waals surface area contributed by atoms with Crippen molar-refractivity contribution < 1.29 is 4.79 Å².